The molecule has 1 heteroatoms. The first-order valence-corrected chi connectivity index (χ1v) is 7.15. The molecule has 0 unspecified atom stereocenters. The molecule has 0 saturated carbocycles. The molecule has 102 valence electrons. The quantitative estimate of drug-likeness (QED) is 0.377. The zero-order valence-electron chi connectivity index (χ0n) is 12.9. The Morgan fingerprint density at radius 3 is 1.88 bits per heavy atom. The van der Waals surface area contributed by atoms with Crippen LogP contribution in [0.5, 0.6) is 0 Å². The van der Waals surface area contributed by atoms with Gasteiger partial charge >= 0.3 is 0 Å². The molecule has 17 heavy (non-hydrogen) atoms. The maximum Gasteiger partial charge on any atom is 0.0441 e. The normalized spacial score (nSPS) is 13.9. The van der Waals surface area contributed by atoms with Crippen molar-refractivity contribution in [3.63, 3.8) is 0 Å². The van der Waals surface area contributed by atoms with Gasteiger partial charge in [-0.05, 0) is 43.9 Å². The fourth-order valence-corrected chi connectivity index (χ4v) is 1.77. The molecule has 0 N–H and O–H groups in total. The van der Waals surface area contributed by atoms with Gasteiger partial charge < -0.3 is 0 Å². The molecule has 0 aromatic carbocycles. The lowest BCUT2D eigenvalue weighted by Crippen LogP contribution is -2.33. The maximum absolute atomic E-state index is 6.44. The van der Waals surface area contributed by atoms with E-state index in [1.807, 2.05) is 0 Å². The Labute approximate surface area is 114 Å². The zero-order valence-corrected chi connectivity index (χ0v) is 13.7. The Morgan fingerprint density at radius 1 is 1.06 bits per heavy atom. The highest BCUT2D eigenvalue weighted by Crippen LogP contribution is 2.41. The van der Waals surface area contributed by atoms with Crippen molar-refractivity contribution >= 4 is 11.6 Å². The third-order valence-electron chi connectivity index (χ3n) is 4.40. The van der Waals surface area contributed by atoms with Crippen LogP contribution >= 0.6 is 11.6 Å². The molecule has 0 aromatic heterocycles. The number of halogens is 1. The minimum Gasteiger partial charge on any atom is -0.119 e. The van der Waals surface area contributed by atoms with E-state index in [9.17, 15) is 0 Å². The maximum atomic E-state index is 6.44. The van der Waals surface area contributed by atoms with Crippen molar-refractivity contribution < 1.29 is 0 Å². The number of rotatable bonds is 7. The summed E-state index contributed by atoms with van der Waals surface area (Å²) in [4.78, 5) is -0.159. The molecule has 0 amide bonds. The summed E-state index contributed by atoms with van der Waals surface area (Å²) in [6, 6.07) is 0. The molecule has 0 aliphatic carbocycles. The number of hydrogen-bond donors (Lipinski definition) is 0. The van der Waals surface area contributed by atoms with Crippen molar-refractivity contribution in [2.45, 2.75) is 79.0 Å². The van der Waals surface area contributed by atoms with Gasteiger partial charge in [-0.1, -0.05) is 53.2 Å². The third kappa shape index (κ3) is 5.95. The van der Waals surface area contributed by atoms with E-state index in [2.05, 4.69) is 55.0 Å². The molecule has 0 heterocycles. The van der Waals surface area contributed by atoms with Gasteiger partial charge in [-0.15, -0.1) is 11.6 Å². The van der Waals surface area contributed by atoms with Crippen molar-refractivity contribution in [1.29, 1.82) is 0 Å². The van der Waals surface area contributed by atoms with Crippen LogP contribution in [0.3, 0.4) is 0 Å². The second-order valence-corrected chi connectivity index (χ2v) is 8.25. The summed E-state index contributed by atoms with van der Waals surface area (Å²) < 4.78 is 0. The van der Waals surface area contributed by atoms with Crippen LogP contribution in [0, 0.1) is 10.8 Å². The van der Waals surface area contributed by atoms with Gasteiger partial charge in [-0.25, -0.2) is 0 Å². The molecular weight excluding hydrogens is 228 g/mol. The lowest BCUT2D eigenvalue weighted by atomic mass is 9.74. The molecule has 0 aromatic rings. The van der Waals surface area contributed by atoms with Gasteiger partial charge in [0.2, 0.25) is 0 Å². The molecule has 0 aliphatic rings. The fraction of sp³-hybridized carbons (Fsp3) is 0.875. The van der Waals surface area contributed by atoms with Crippen LogP contribution in [-0.2, 0) is 0 Å². The molecule has 0 radical (unpaired) electrons. The molecule has 0 saturated heterocycles. The second-order valence-electron chi connectivity index (χ2n) is 7.30. The van der Waals surface area contributed by atoms with Crippen molar-refractivity contribution in [3.8, 4) is 0 Å². The number of alkyl halides is 1. The van der Waals surface area contributed by atoms with Crippen molar-refractivity contribution in [1.82, 2.24) is 0 Å². The Bertz CT molecular complexity index is 253. The lowest BCUT2D eigenvalue weighted by Gasteiger charge is -2.37. The van der Waals surface area contributed by atoms with E-state index in [0.717, 1.165) is 19.3 Å². The first kappa shape index (κ1) is 17.0. The first-order chi connectivity index (χ1) is 7.41. The van der Waals surface area contributed by atoms with Gasteiger partial charge in [-0.3, -0.25) is 0 Å². The van der Waals surface area contributed by atoms with Crippen LogP contribution in [0.15, 0.2) is 12.2 Å². The van der Waals surface area contributed by atoms with E-state index in [-0.39, 0.29) is 10.3 Å². The van der Waals surface area contributed by atoms with E-state index in [1.165, 1.54) is 12.0 Å². The summed E-state index contributed by atoms with van der Waals surface area (Å²) in [7, 11) is 0. The topological polar surface area (TPSA) is 0 Å². The second kappa shape index (κ2) is 5.78. The Kier molecular flexibility index (Phi) is 5.79. The van der Waals surface area contributed by atoms with Crippen LogP contribution in [0.25, 0.3) is 0 Å². The van der Waals surface area contributed by atoms with Gasteiger partial charge in [0.15, 0.2) is 0 Å². The monoisotopic (exact) mass is 258 g/mol. The van der Waals surface area contributed by atoms with Gasteiger partial charge in [-0.2, -0.15) is 0 Å². The van der Waals surface area contributed by atoms with E-state index >= 15 is 0 Å². The standard InChI is InChI=1S/C16H31Cl/c1-9-14(3,4)12-13(2)10-11-15(5,6)16(7,8)17/h2,9-12H2,1,3-8H3. The molecule has 0 nitrogen and oxygen atoms in total. The Morgan fingerprint density at radius 2 is 1.53 bits per heavy atom. The van der Waals surface area contributed by atoms with Gasteiger partial charge in [0, 0.05) is 4.87 Å². The summed E-state index contributed by atoms with van der Waals surface area (Å²) in [5, 5.41) is 0. The summed E-state index contributed by atoms with van der Waals surface area (Å²) in [5.41, 5.74) is 1.90. The summed E-state index contributed by atoms with van der Waals surface area (Å²) in [5.74, 6) is 0. The van der Waals surface area contributed by atoms with E-state index in [4.69, 9.17) is 11.6 Å². The molecule has 0 atom stereocenters. The predicted octanol–water partition coefficient (Wildman–Crippen LogP) is 6.19. The highest BCUT2D eigenvalue weighted by molar-refractivity contribution is 6.23. The zero-order chi connectivity index (χ0) is 13.9. The minimum absolute atomic E-state index is 0.147. The number of hydrogen-bond acceptors (Lipinski definition) is 0. The fourth-order valence-electron chi connectivity index (χ4n) is 1.68. The summed E-state index contributed by atoms with van der Waals surface area (Å²) >= 11 is 6.44. The van der Waals surface area contributed by atoms with Crippen molar-refractivity contribution in [2.24, 2.45) is 10.8 Å². The Hall–Kier alpha value is 0.0300. The molecule has 0 rings (SSSR count). The summed E-state index contributed by atoms with van der Waals surface area (Å²) in [6.07, 6.45) is 4.54. The molecule has 0 aliphatic heterocycles. The Balaban J connectivity index is 4.27. The molecule has 0 fully saturated rings. The lowest BCUT2D eigenvalue weighted by molar-refractivity contribution is 0.249. The molecule has 0 bridgehead atoms. The average Bonchev–Trinajstić information content (AvgIpc) is 2.12. The molecule has 0 spiro atoms. The van der Waals surface area contributed by atoms with Crippen LogP contribution in [0.4, 0.5) is 0 Å². The largest absolute Gasteiger partial charge is 0.119 e. The van der Waals surface area contributed by atoms with Gasteiger partial charge in [0.1, 0.15) is 0 Å². The van der Waals surface area contributed by atoms with Crippen LogP contribution in [0.2, 0.25) is 0 Å². The van der Waals surface area contributed by atoms with E-state index in [0.29, 0.717) is 5.41 Å². The smallest absolute Gasteiger partial charge is 0.0441 e. The highest BCUT2D eigenvalue weighted by atomic mass is 35.5. The number of allylic oxidation sites excluding steroid dienone is 1. The van der Waals surface area contributed by atoms with Crippen molar-refractivity contribution in [3.05, 3.63) is 12.2 Å². The minimum atomic E-state index is -0.159. The first-order valence-electron chi connectivity index (χ1n) is 6.77. The highest BCUT2D eigenvalue weighted by Gasteiger charge is 2.34. The van der Waals surface area contributed by atoms with Crippen LogP contribution in [0.1, 0.15) is 74.1 Å². The van der Waals surface area contributed by atoms with Gasteiger partial charge in [0.05, 0.1) is 0 Å². The van der Waals surface area contributed by atoms with Gasteiger partial charge in [0.25, 0.3) is 0 Å². The van der Waals surface area contributed by atoms with Crippen molar-refractivity contribution in [2.75, 3.05) is 0 Å². The average molecular weight is 259 g/mol. The third-order valence-corrected chi connectivity index (χ3v) is 4.91. The summed E-state index contributed by atoms with van der Waals surface area (Å²) in [6.45, 7) is 19.8. The van der Waals surface area contributed by atoms with E-state index in [1.54, 1.807) is 0 Å². The van der Waals surface area contributed by atoms with E-state index < -0.39 is 0 Å². The SMILES string of the molecule is C=C(CCC(C)(C)C(C)(C)Cl)CC(C)(C)CC. The van der Waals surface area contributed by atoms with Crippen LogP contribution in [-0.4, -0.2) is 4.87 Å². The molecular formula is C16H31Cl. The van der Waals surface area contributed by atoms with Crippen LogP contribution < -0.4 is 0 Å². The predicted molar refractivity (Wildman–Crippen MR) is 80.8 cm³/mol.